The summed E-state index contributed by atoms with van der Waals surface area (Å²) >= 11 is 1.68. The standard InChI is InChI=1S/C16H26N2OS/c1-2-3-4-11-18(14-7-9-17-10-8-14)16(19)13-15-6-5-12-20-15/h5-6,12,14,17H,2-4,7-11,13H2,1H3. The Kier molecular flexibility index (Phi) is 6.54. The summed E-state index contributed by atoms with van der Waals surface area (Å²) in [5.74, 6) is 0.315. The molecule has 0 bridgehead atoms. The predicted molar refractivity (Wildman–Crippen MR) is 85.2 cm³/mol. The normalized spacial score (nSPS) is 16.2. The van der Waals surface area contributed by atoms with Crippen LogP contribution in [-0.2, 0) is 11.2 Å². The van der Waals surface area contributed by atoms with Crippen LogP contribution in [0.2, 0.25) is 0 Å². The Morgan fingerprint density at radius 3 is 2.85 bits per heavy atom. The molecule has 0 spiro atoms. The van der Waals surface area contributed by atoms with Gasteiger partial charge in [0.2, 0.25) is 5.91 Å². The minimum Gasteiger partial charge on any atom is -0.339 e. The average molecular weight is 294 g/mol. The van der Waals surface area contributed by atoms with Gasteiger partial charge in [0, 0.05) is 17.5 Å². The number of piperidine rings is 1. The van der Waals surface area contributed by atoms with E-state index in [0.29, 0.717) is 18.4 Å². The number of thiophene rings is 1. The molecule has 0 aromatic carbocycles. The summed E-state index contributed by atoms with van der Waals surface area (Å²) in [6.45, 7) is 5.23. The van der Waals surface area contributed by atoms with E-state index in [4.69, 9.17) is 0 Å². The Labute approximate surface area is 126 Å². The second-order valence-corrected chi connectivity index (χ2v) is 6.56. The number of carbonyl (C=O) groups is 1. The van der Waals surface area contributed by atoms with Crippen molar-refractivity contribution >= 4 is 17.2 Å². The number of carbonyl (C=O) groups excluding carboxylic acids is 1. The number of rotatable bonds is 7. The molecule has 1 N–H and O–H groups in total. The third-order valence-corrected chi connectivity index (χ3v) is 4.85. The van der Waals surface area contributed by atoms with E-state index in [9.17, 15) is 4.79 Å². The number of nitrogens with zero attached hydrogens (tertiary/aromatic N) is 1. The quantitative estimate of drug-likeness (QED) is 0.784. The number of amides is 1. The number of nitrogens with one attached hydrogen (secondary N) is 1. The maximum atomic E-state index is 12.6. The van der Waals surface area contributed by atoms with Gasteiger partial charge in [0.15, 0.2) is 0 Å². The molecular formula is C16H26N2OS. The first-order chi connectivity index (χ1) is 9.81. The molecule has 1 aromatic rings. The number of hydrogen-bond donors (Lipinski definition) is 1. The summed E-state index contributed by atoms with van der Waals surface area (Å²) in [5, 5.41) is 5.44. The molecule has 112 valence electrons. The third-order valence-electron chi connectivity index (χ3n) is 3.98. The smallest absolute Gasteiger partial charge is 0.228 e. The van der Waals surface area contributed by atoms with Crippen molar-refractivity contribution in [1.29, 1.82) is 0 Å². The molecule has 0 unspecified atom stereocenters. The average Bonchev–Trinajstić information content (AvgIpc) is 2.97. The van der Waals surface area contributed by atoms with Crippen LogP contribution in [0.15, 0.2) is 17.5 Å². The Balaban J connectivity index is 1.94. The first kappa shape index (κ1) is 15.5. The maximum Gasteiger partial charge on any atom is 0.228 e. The van der Waals surface area contributed by atoms with E-state index in [0.717, 1.165) is 38.9 Å². The Bertz CT molecular complexity index is 385. The topological polar surface area (TPSA) is 32.3 Å². The van der Waals surface area contributed by atoms with Gasteiger partial charge in [-0.25, -0.2) is 0 Å². The second kappa shape index (κ2) is 8.42. The molecule has 0 atom stereocenters. The van der Waals surface area contributed by atoms with Crippen molar-refractivity contribution < 1.29 is 4.79 Å². The molecule has 1 amide bonds. The van der Waals surface area contributed by atoms with Gasteiger partial charge in [0.25, 0.3) is 0 Å². The van der Waals surface area contributed by atoms with Crippen LogP contribution in [-0.4, -0.2) is 36.5 Å². The predicted octanol–water partition coefficient (Wildman–Crippen LogP) is 3.06. The lowest BCUT2D eigenvalue weighted by molar-refractivity contribution is -0.133. The van der Waals surface area contributed by atoms with Gasteiger partial charge in [0.05, 0.1) is 6.42 Å². The lowest BCUT2D eigenvalue weighted by atomic mass is 10.0. The Morgan fingerprint density at radius 1 is 1.40 bits per heavy atom. The van der Waals surface area contributed by atoms with Crippen LogP contribution in [0.1, 0.15) is 43.9 Å². The van der Waals surface area contributed by atoms with Crippen molar-refractivity contribution in [3.63, 3.8) is 0 Å². The van der Waals surface area contributed by atoms with E-state index < -0.39 is 0 Å². The van der Waals surface area contributed by atoms with Gasteiger partial charge in [-0.1, -0.05) is 25.8 Å². The molecule has 1 saturated heterocycles. The zero-order valence-corrected chi connectivity index (χ0v) is 13.3. The van der Waals surface area contributed by atoms with E-state index in [1.165, 1.54) is 17.7 Å². The van der Waals surface area contributed by atoms with Crippen LogP contribution >= 0.6 is 11.3 Å². The van der Waals surface area contributed by atoms with Crippen molar-refractivity contribution in [1.82, 2.24) is 10.2 Å². The van der Waals surface area contributed by atoms with Crippen molar-refractivity contribution in [2.24, 2.45) is 0 Å². The highest BCUT2D eigenvalue weighted by molar-refractivity contribution is 7.10. The summed E-state index contributed by atoms with van der Waals surface area (Å²) in [6.07, 6.45) is 6.34. The third kappa shape index (κ3) is 4.60. The Morgan fingerprint density at radius 2 is 2.20 bits per heavy atom. The van der Waals surface area contributed by atoms with Crippen LogP contribution in [0, 0.1) is 0 Å². The minimum atomic E-state index is 0.315. The van der Waals surface area contributed by atoms with E-state index in [-0.39, 0.29) is 0 Å². The highest BCUT2D eigenvalue weighted by atomic mass is 32.1. The Hall–Kier alpha value is -0.870. The van der Waals surface area contributed by atoms with Crippen LogP contribution in [0.3, 0.4) is 0 Å². The van der Waals surface area contributed by atoms with Crippen molar-refractivity contribution in [3.8, 4) is 0 Å². The van der Waals surface area contributed by atoms with Gasteiger partial charge >= 0.3 is 0 Å². The first-order valence-corrected chi connectivity index (χ1v) is 8.71. The van der Waals surface area contributed by atoms with Gasteiger partial charge < -0.3 is 10.2 Å². The molecule has 1 aliphatic rings. The molecule has 20 heavy (non-hydrogen) atoms. The van der Waals surface area contributed by atoms with Crippen LogP contribution in [0.5, 0.6) is 0 Å². The highest BCUT2D eigenvalue weighted by Crippen LogP contribution is 2.17. The maximum absolute atomic E-state index is 12.6. The molecule has 1 aliphatic heterocycles. The summed E-state index contributed by atoms with van der Waals surface area (Å²) in [5.41, 5.74) is 0. The van der Waals surface area contributed by atoms with Gasteiger partial charge in [0.1, 0.15) is 0 Å². The highest BCUT2D eigenvalue weighted by Gasteiger charge is 2.24. The minimum absolute atomic E-state index is 0.315. The molecule has 0 radical (unpaired) electrons. The molecule has 3 nitrogen and oxygen atoms in total. The lowest BCUT2D eigenvalue weighted by Crippen LogP contribution is -2.47. The molecule has 4 heteroatoms. The van der Waals surface area contributed by atoms with Gasteiger partial charge in [-0.3, -0.25) is 4.79 Å². The largest absolute Gasteiger partial charge is 0.339 e. The van der Waals surface area contributed by atoms with E-state index in [1.807, 2.05) is 6.07 Å². The van der Waals surface area contributed by atoms with Crippen LogP contribution < -0.4 is 5.32 Å². The van der Waals surface area contributed by atoms with Gasteiger partial charge in [-0.15, -0.1) is 11.3 Å². The fourth-order valence-electron chi connectivity index (χ4n) is 2.83. The molecule has 1 aromatic heterocycles. The number of hydrogen-bond acceptors (Lipinski definition) is 3. The molecule has 0 aliphatic carbocycles. The van der Waals surface area contributed by atoms with Crippen LogP contribution in [0.4, 0.5) is 0 Å². The fraction of sp³-hybridized carbons (Fsp3) is 0.688. The molecule has 0 saturated carbocycles. The molecule has 1 fully saturated rings. The van der Waals surface area contributed by atoms with E-state index in [1.54, 1.807) is 11.3 Å². The summed E-state index contributed by atoms with van der Waals surface area (Å²) in [6, 6.07) is 4.54. The number of unbranched alkanes of at least 4 members (excludes halogenated alkanes) is 2. The lowest BCUT2D eigenvalue weighted by Gasteiger charge is -2.35. The summed E-state index contributed by atoms with van der Waals surface area (Å²) in [7, 11) is 0. The molecule has 2 heterocycles. The van der Waals surface area contributed by atoms with E-state index in [2.05, 4.69) is 28.6 Å². The SMILES string of the molecule is CCCCCN(C(=O)Cc1cccs1)C1CCNCC1. The van der Waals surface area contributed by atoms with Gasteiger partial charge in [-0.2, -0.15) is 0 Å². The fourth-order valence-corrected chi connectivity index (χ4v) is 3.52. The first-order valence-electron chi connectivity index (χ1n) is 7.84. The van der Waals surface area contributed by atoms with Crippen molar-refractivity contribution in [2.75, 3.05) is 19.6 Å². The van der Waals surface area contributed by atoms with Crippen molar-refractivity contribution in [2.45, 2.75) is 51.5 Å². The van der Waals surface area contributed by atoms with Crippen LogP contribution in [0.25, 0.3) is 0 Å². The molecular weight excluding hydrogens is 268 g/mol. The van der Waals surface area contributed by atoms with Gasteiger partial charge in [-0.05, 0) is 43.8 Å². The molecule has 2 rings (SSSR count). The second-order valence-electron chi connectivity index (χ2n) is 5.53. The summed E-state index contributed by atoms with van der Waals surface area (Å²) in [4.78, 5) is 16.0. The summed E-state index contributed by atoms with van der Waals surface area (Å²) < 4.78 is 0. The van der Waals surface area contributed by atoms with E-state index >= 15 is 0 Å². The van der Waals surface area contributed by atoms with Crippen molar-refractivity contribution in [3.05, 3.63) is 22.4 Å². The zero-order valence-electron chi connectivity index (χ0n) is 12.4. The monoisotopic (exact) mass is 294 g/mol. The zero-order chi connectivity index (χ0) is 14.2.